The third-order valence-corrected chi connectivity index (χ3v) is 6.55. The number of carbonyl (C=O) groups is 2. The summed E-state index contributed by atoms with van der Waals surface area (Å²) >= 11 is 0. The molecule has 4 aromatic rings. The first-order chi connectivity index (χ1) is 18.4. The number of ether oxygens (including phenoxy) is 1. The van der Waals surface area contributed by atoms with E-state index in [0.717, 1.165) is 16.8 Å². The molecule has 0 bridgehead atoms. The molecule has 39 heavy (non-hydrogen) atoms. The normalized spacial score (nSPS) is 13.8. The van der Waals surface area contributed by atoms with Gasteiger partial charge in [0, 0.05) is 36.5 Å². The van der Waals surface area contributed by atoms with Gasteiger partial charge in [0.15, 0.2) is 5.43 Å². The highest BCUT2D eigenvalue weighted by Crippen LogP contribution is 2.33. The summed E-state index contributed by atoms with van der Waals surface area (Å²) < 4.78 is 49.9. The summed E-state index contributed by atoms with van der Waals surface area (Å²) in [6.07, 6.45) is -3.53. The predicted octanol–water partition coefficient (Wildman–Crippen LogP) is 4.77. The van der Waals surface area contributed by atoms with Gasteiger partial charge in [0.1, 0.15) is 5.58 Å². The summed E-state index contributed by atoms with van der Waals surface area (Å²) in [6.45, 7) is 4.61. The molecule has 3 heterocycles. The van der Waals surface area contributed by atoms with Gasteiger partial charge in [-0.05, 0) is 37.6 Å². The van der Waals surface area contributed by atoms with Crippen LogP contribution in [0.15, 0.2) is 57.9 Å². The fraction of sp³-hybridized carbons (Fsp3) is 0.259. The Balaban J connectivity index is 1.48. The van der Waals surface area contributed by atoms with Crippen molar-refractivity contribution in [2.75, 3.05) is 10.2 Å². The topological polar surface area (TPSA) is 107 Å². The van der Waals surface area contributed by atoms with Crippen molar-refractivity contribution in [3.05, 3.63) is 86.8 Å². The Kier molecular flexibility index (Phi) is 6.41. The number of carbonyl (C=O) groups excluding carboxylic acids is 2. The number of alkyl halides is 3. The number of hydrogen-bond acceptors (Lipinski definition) is 8. The van der Waals surface area contributed by atoms with Crippen molar-refractivity contribution in [3.8, 4) is 0 Å². The third kappa shape index (κ3) is 4.97. The first-order valence-corrected chi connectivity index (χ1v) is 11.9. The van der Waals surface area contributed by atoms with Gasteiger partial charge in [-0.2, -0.15) is 18.3 Å². The molecule has 1 atom stereocenters. The molecule has 9 nitrogen and oxygen atoms in total. The van der Waals surface area contributed by atoms with E-state index in [0.29, 0.717) is 35.5 Å². The first kappa shape index (κ1) is 26.0. The second-order valence-electron chi connectivity index (χ2n) is 9.36. The number of nitrogens with one attached hydrogen (secondary N) is 1. The molecule has 0 radical (unpaired) electrons. The standard InChI is InChI=1S/C27H23F3N4O5/c1-14-8-18(15(2)32-20-7-5-4-6-17(20)25(36)39-26(37)27(28,29)30)24-19(9-14)22(35)10-23(38-24)34-12-16-11-31-33(3)21(16)13-34/h4-11,15,32H,12-13H2,1-3H3. The number of fused-ring (bicyclic) bond motifs is 2. The van der Waals surface area contributed by atoms with E-state index < -0.39 is 24.2 Å². The summed E-state index contributed by atoms with van der Waals surface area (Å²) in [5, 5.41) is 7.70. The number of anilines is 2. The van der Waals surface area contributed by atoms with E-state index in [1.165, 1.54) is 24.3 Å². The molecule has 2 aromatic carbocycles. The van der Waals surface area contributed by atoms with Crippen LogP contribution < -0.4 is 15.6 Å². The van der Waals surface area contributed by atoms with Crippen molar-refractivity contribution in [3.63, 3.8) is 0 Å². The molecule has 1 unspecified atom stereocenters. The van der Waals surface area contributed by atoms with Gasteiger partial charge < -0.3 is 19.4 Å². The number of aryl methyl sites for hydroxylation is 2. The molecule has 0 aliphatic carbocycles. The van der Waals surface area contributed by atoms with E-state index in [9.17, 15) is 27.6 Å². The lowest BCUT2D eigenvalue weighted by molar-refractivity contribution is -0.193. The van der Waals surface area contributed by atoms with Crippen molar-refractivity contribution in [1.29, 1.82) is 0 Å². The van der Waals surface area contributed by atoms with Gasteiger partial charge in [0.05, 0.1) is 35.4 Å². The second kappa shape index (κ2) is 9.61. The lowest BCUT2D eigenvalue weighted by Gasteiger charge is -2.21. The molecule has 0 fully saturated rings. The van der Waals surface area contributed by atoms with Gasteiger partial charge >= 0.3 is 18.1 Å². The molecule has 0 saturated carbocycles. The quantitative estimate of drug-likeness (QED) is 0.285. The van der Waals surface area contributed by atoms with Crippen LogP contribution in [0.25, 0.3) is 11.0 Å². The van der Waals surface area contributed by atoms with E-state index in [2.05, 4.69) is 15.2 Å². The van der Waals surface area contributed by atoms with Crippen molar-refractivity contribution >= 4 is 34.5 Å². The van der Waals surface area contributed by atoms with Crippen LogP contribution in [0.4, 0.5) is 24.7 Å². The SMILES string of the molecule is Cc1cc(C(C)Nc2ccccc2C(=O)OC(=O)C(F)(F)F)c2oc(N3Cc4cnn(C)c4C3)cc(=O)c2c1. The van der Waals surface area contributed by atoms with Crippen molar-refractivity contribution in [2.45, 2.75) is 39.2 Å². The lowest BCUT2D eigenvalue weighted by Crippen LogP contribution is -2.28. The molecule has 0 amide bonds. The number of rotatable bonds is 5. The van der Waals surface area contributed by atoms with Gasteiger partial charge in [-0.15, -0.1) is 0 Å². The largest absolute Gasteiger partial charge is 0.491 e. The Hall–Kier alpha value is -4.61. The Morgan fingerprint density at radius 2 is 1.90 bits per heavy atom. The first-order valence-electron chi connectivity index (χ1n) is 11.9. The number of esters is 2. The molecule has 1 N–H and O–H groups in total. The highest BCUT2D eigenvalue weighted by Gasteiger charge is 2.42. The fourth-order valence-electron chi connectivity index (χ4n) is 4.64. The molecular formula is C27H23F3N4O5. The number of hydrogen-bond donors (Lipinski definition) is 1. The minimum Gasteiger partial charge on any atom is -0.440 e. The monoisotopic (exact) mass is 540 g/mol. The minimum absolute atomic E-state index is 0.139. The van der Waals surface area contributed by atoms with Crippen LogP contribution in [-0.4, -0.2) is 27.9 Å². The highest BCUT2D eigenvalue weighted by molar-refractivity contribution is 6.02. The zero-order valence-electron chi connectivity index (χ0n) is 21.1. The number of benzene rings is 2. The van der Waals surface area contributed by atoms with Gasteiger partial charge in [0.2, 0.25) is 5.88 Å². The van der Waals surface area contributed by atoms with Gasteiger partial charge in [-0.1, -0.05) is 18.2 Å². The van der Waals surface area contributed by atoms with E-state index in [1.54, 1.807) is 29.9 Å². The molecule has 0 spiro atoms. The molecule has 5 rings (SSSR count). The summed E-state index contributed by atoms with van der Waals surface area (Å²) in [6, 6.07) is 10.1. The number of nitrogens with zero attached hydrogens (tertiary/aromatic N) is 3. The lowest BCUT2D eigenvalue weighted by atomic mass is 10.0. The predicted molar refractivity (Wildman–Crippen MR) is 135 cm³/mol. The second-order valence-corrected chi connectivity index (χ2v) is 9.36. The Morgan fingerprint density at radius 3 is 2.62 bits per heavy atom. The van der Waals surface area contributed by atoms with Crippen LogP contribution in [0.2, 0.25) is 0 Å². The van der Waals surface area contributed by atoms with Crippen LogP contribution in [0.5, 0.6) is 0 Å². The van der Waals surface area contributed by atoms with Crippen LogP contribution in [0.3, 0.4) is 0 Å². The summed E-state index contributed by atoms with van der Waals surface area (Å²) in [5.74, 6) is -3.66. The zero-order chi connectivity index (χ0) is 28.1. The van der Waals surface area contributed by atoms with E-state index in [-0.39, 0.29) is 16.7 Å². The molecule has 1 aliphatic heterocycles. The maximum Gasteiger partial charge on any atom is 0.491 e. The molecule has 2 aromatic heterocycles. The maximum atomic E-state index is 13.1. The summed E-state index contributed by atoms with van der Waals surface area (Å²) in [4.78, 5) is 38.6. The van der Waals surface area contributed by atoms with Crippen molar-refractivity contribution < 1.29 is 31.9 Å². The number of aromatic nitrogens is 2. The molecule has 0 saturated heterocycles. The zero-order valence-corrected chi connectivity index (χ0v) is 21.1. The molecule has 202 valence electrons. The fourth-order valence-corrected chi connectivity index (χ4v) is 4.64. The van der Waals surface area contributed by atoms with Gasteiger partial charge in [0.25, 0.3) is 0 Å². The van der Waals surface area contributed by atoms with Gasteiger partial charge in [-0.25, -0.2) is 9.59 Å². The minimum atomic E-state index is -5.31. The van der Waals surface area contributed by atoms with E-state index in [1.807, 2.05) is 24.9 Å². The van der Waals surface area contributed by atoms with Crippen LogP contribution >= 0.6 is 0 Å². The Labute approximate surface area is 219 Å². The average Bonchev–Trinajstić information content (AvgIpc) is 3.45. The van der Waals surface area contributed by atoms with E-state index in [4.69, 9.17) is 4.42 Å². The third-order valence-electron chi connectivity index (χ3n) is 6.55. The Bertz CT molecular complexity index is 1670. The van der Waals surface area contributed by atoms with Crippen LogP contribution in [-0.2, 0) is 29.7 Å². The van der Waals surface area contributed by atoms with Crippen molar-refractivity contribution in [2.24, 2.45) is 7.05 Å². The van der Waals surface area contributed by atoms with E-state index >= 15 is 0 Å². The van der Waals surface area contributed by atoms with Gasteiger partial charge in [-0.3, -0.25) is 9.48 Å². The maximum absolute atomic E-state index is 13.1. The molecule has 1 aliphatic rings. The number of halogens is 3. The van der Waals surface area contributed by atoms with Crippen LogP contribution in [0, 0.1) is 6.92 Å². The van der Waals surface area contributed by atoms with Crippen LogP contribution in [0.1, 0.15) is 45.7 Å². The molecule has 12 heteroatoms. The summed E-state index contributed by atoms with van der Waals surface area (Å²) in [7, 11) is 1.85. The Morgan fingerprint density at radius 1 is 1.15 bits per heavy atom. The smallest absolute Gasteiger partial charge is 0.440 e. The highest BCUT2D eigenvalue weighted by atomic mass is 19.4. The summed E-state index contributed by atoms with van der Waals surface area (Å²) in [5.41, 5.74) is 3.42. The van der Waals surface area contributed by atoms with Crippen molar-refractivity contribution in [1.82, 2.24) is 9.78 Å². The average molecular weight is 540 g/mol. The molecular weight excluding hydrogens is 517 g/mol. The number of para-hydroxylation sites is 1.